The lowest BCUT2D eigenvalue weighted by molar-refractivity contribution is 0.164. The molecule has 0 unspecified atom stereocenters. The van der Waals surface area contributed by atoms with Gasteiger partial charge in [0.1, 0.15) is 0 Å². The predicted molar refractivity (Wildman–Crippen MR) is 101 cm³/mol. The van der Waals surface area contributed by atoms with E-state index in [2.05, 4.69) is 45.9 Å². The van der Waals surface area contributed by atoms with E-state index in [4.69, 9.17) is 0 Å². The SMILES string of the molecule is C[C@H](NC(=O)N(CCN(C)C)Cc1ccsc1)C1CCN(C)CC1. The van der Waals surface area contributed by atoms with Crippen molar-refractivity contribution >= 4 is 17.4 Å². The van der Waals surface area contributed by atoms with Crippen LogP contribution in [0.15, 0.2) is 16.8 Å². The summed E-state index contributed by atoms with van der Waals surface area (Å²) in [6, 6.07) is 2.39. The van der Waals surface area contributed by atoms with Crippen LogP contribution in [0.5, 0.6) is 0 Å². The van der Waals surface area contributed by atoms with Crippen molar-refractivity contribution < 1.29 is 4.79 Å². The summed E-state index contributed by atoms with van der Waals surface area (Å²) in [5.74, 6) is 0.585. The number of hydrogen-bond acceptors (Lipinski definition) is 4. The monoisotopic (exact) mass is 352 g/mol. The number of rotatable bonds is 7. The van der Waals surface area contributed by atoms with Gasteiger partial charge < -0.3 is 20.0 Å². The van der Waals surface area contributed by atoms with Crippen molar-refractivity contribution in [2.45, 2.75) is 32.4 Å². The first-order valence-corrected chi connectivity index (χ1v) is 9.79. The molecule has 1 aliphatic rings. The normalized spacial score (nSPS) is 17.9. The molecule has 2 rings (SSSR count). The molecule has 2 amide bonds. The van der Waals surface area contributed by atoms with E-state index in [1.165, 1.54) is 18.4 Å². The molecular weight excluding hydrogens is 320 g/mol. The van der Waals surface area contributed by atoms with E-state index in [1.807, 2.05) is 19.0 Å². The molecule has 1 saturated heterocycles. The van der Waals surface area contributed by atoms with Crippen LogP contribution in [0.4, 0.5) is 4.79 Å². The smallest absolute Gasteiger partial charge is 0.317 e. The Morgan fingerprint density at radius 1 is 1.38 bits per heavy atom. The Kier molecular flexibility index (Phi) is 7.52. The zero-order valence-electron chi connectivity index (χ0n) is 15.5. The average molecular weight is 353 g/mol. The Balaban J connectivity index is 1.90. The number of nitrogens with zero attached hydrogens (tertiary/aromatic N) is 3. The fourth-order valence-electron chi connectivity index (χ4n) is 3.11. The van der Waals surface area contributed by atoms with E-state index >= 15 is 0 Å². The Labute approximate surface area is 150 Å². The fourth-order valence-corrected chi connectivity index (χ4v) is 3.77. The highest BCUT2D eigenvalue weighted by atomic mass is 32.1. The van der Waals surface area contributed by atoms with Crippen LogP contribution >= 0.6 is 11.3 Å². The lowest BCUT2D eigenvalue weighted by Gasteiger charge is -2.34. The van der Waals surface area contributed by atoms with E-state index in [0.29, 0.717) is 12.5 Å². The van der Waals surface area contributed by atoms with Gasteiger partial charge in [0.25, 0.3) is 0 Å². The molecule has 0 aromatic carbocycles. The Morgan fingerprint density at radius 3 is 2.67 bits per heavy atom. The van der Waals surface area contributed by atoms with Crippen LogP contribution in [0, 0.1) is 5.92 Å². The van der Waals surface area contributed by atoms with Gasteiger partial charge in [0.15, 0.2) is 0 Å². The molecule has 0 radical (unpaired) electrons. The van der Waals surface area contributed by atoms with E-state index in [9.17, 15) is 4.79 Å². The number of carbonyl (C=O) groups excluding carboxylic acids is 1. The minimum Gasteiger partial charge on any atom is -0.335 e. The summed E-state index contributed by atoms with van der Waals surface area (Å²) >= 11 is 1.68. The van der Waals surface area contributed by atoms with Gasteiger partial charge in [0.2, 0.25) is 0 Å². The molecule has 24 heavy (non-hydrogen) atoms. The third-order valence-electron chi connectivity index (χ3n) is 4.88. The highest BCUT2D eigenvalue weighted by Gasteiger charge is 2.25. The Hall–Kier alpha value is -1.11. The molecule has 2 heterocycles. The van der Waals surface area contributed by atoms with Gasteiger partial charge in [-0.3, -0.25) is 0 Å². The zero-order valence-corrected chi connectivity index (χ0v) is 16.3. The highest BCUT2D eigenvalue weighted by Crippen LogP contribution is 2.20. The van der Waals surface area contributed by atoms with Gasteiger partial charge in [-0.1, -0.05) is 0 Å². The summed E-state index contributed by atoms with van der Waals surface area (Å²) in [4.78, 5) is 19.2. The first-order valence-electron chi connectivity index (χ1n) is 8.85. The number of thiophene rings is 1. The van der Waals surface area contributed by atoms with Crippen molar-refractivity contribution in [2.75, 3.05) is 47.3 Å². The standard InChI is InChI=1S/C18H32N4OS/c1-15(17-5-8-21(4)9-6-17)19-18(23)22(11-10-20(2)3)13-16-7-12-24-14-16/h7,12,14-15,17H,5-6,8-11,13H2,1-4H3,(H,19,23)/t15-/m0/s1. The average Bonchev–Trinajstić information content (AvgIpc) is 3.04. The van der Waals surface area contributed by atoms with Gasteiger partial charge >= 0.3 is 6.03 Å². The number of nitrogens with one attached hydrogen (secondary N) is 1. The first kappa shape index (κ1) is 19.2. The van der Waals surface area contributed by atoms with Crippen LogP contribution in [-0.2, 0) is 6.54 Å². The third kappa shape index (κ3) is 6.07. The van der Waals surface area contributed by atoms with Crippen molar-refractivity contribution in [2.24, 2.45) is 5.92 Å². The molecule has 1 aromatic rings. The van der Waals surface area contributed by atoms with Gasteiger partial charge in [0, 0.05) is 25.7 Å². The first-order chi connectivity index (χ1) is 11.5. The molecule has 1 aliphatic heterocycles. The number of likely N-dealkylation sites (tertiary alicyclic amines) is 1. The van der Waals surface area contributed by atoms with Crippen molar-refractivity contribution in [1.29, 1.82) is 0 Å². The second-order valence-corrected chi connectivity index (χ2v) is 8.02. The molecule has 0 saturated carbocycles. The van der Waals surface area contributed by atoms with Crippen LogP contribution < -0.4 is 5.32 Å². The quantitative estimate of drug-likeness (QED) is 0.820. The Morgan fingerprint density at radius 2 is 2.08 bits per heavy atom. The molecule has 1 N–H and O–H groups in total. The summed E-state index contributed by atoms with van der Waals surface area (Å²) < 4.78 is 0. The van der Waals surface area contributed by atoms with Crippen LogP contribution in [0.1, 0.15) is 25.3 Å². The topological polar surface area (TPSA) is 38.8 Å². The van der Waals surface area contributed by atoms with Crippen molar-refractivity contribution in [3.63, 3.8) is 0 Å². The van der Waals surface area contributed by atoms with Crippen molar-refractivity contribution in [3.8, 4) is 0 Å². The van der Waals surface area contributed by atoms with Crippen LogP contribution in [0.2, 0.25) is 0 Å². The number of piperidine rings is 1. The molecule has 1 atom stereocenters. The van der Waals surface area contributed by atoms with Crippen LogP contribution in [0.25, 0.3) is 0 Å². The molecule has 1 fully saturated rings. The number of carbonyl (C=O) groups is 1. The number of likely N-dealkylation sites (N-methyl/N-ethyl adjacent to an activating group) is 1. The number of hydrogen-bond donors (Lipinski definition) is 1. The molecule has 136 valence electrons. The lowest BCUT2D eigenvalue weighted by atomic mass is 9.90. The maximum Gasteiger partial charge on any atom is 0.317 e. The van der Waals surface area contributed by atoms with E-state index in [0.717, 1.165) is 26.2 Å². The molecule has 0 spiro atoms. The van der Waals surface area contributed by atoms with Crippen molar-refractivity contribution in [1.82, 2.24) is 20.0 Å². The minimum absolute atomic E-state index is 0.0643. The zero-order chi connectivity index (χ0) is 17.5. The second kappa shape index (κ2) is 9.39. The number of urea groups is 1. The summed E-state index contributed by atoms with van der Waals surface area (Å²) in [6.07, 6.45) is 2.33. The van der Waals surface area contributed by atoms with E-state index < -0.39 is 0 Å². The van der Waals surface area contributed by atoms with E-state index in [-0.39, 0.29) is 12.1 Å². The van der Waals surface area contributed by atoms with Crippen LogP contribution in [0.3, 0.4) is 0 Å². The third-order valence-corrected chi connectivity index (χ3v) is 5.61. The lowest BCUT2D eigenvalue weighted by Crippen LogP contribution is -2.49. The molecule has 0 aliphatic carbocycles. The molecule has 1 aromatic heterocycles. The second-order valence-electron chi connectivity index (χ2n) is 7.24. The molecule has 5 nitrogen and oxygen atoms in total. The maximum absolute atomic E-state index is 12.8. The predicted octanol–water partition coefficient (Wildman–Crippen LogP) is 2.55. The largest absolute Gasteiger partial charge is 0.335 e. The van der Waals surface area contributed by atoms with Crippen LogP contribution in [-0.4, -0.2) is 74.1 Å². The molecule has 0 bridgehead atoms. The van der Waals surface area contributed by atoms with Gasteiger partial charge in [-0.2, -0.15) is 11.3 Å². The van der Waals surface area contributed by atoms with Gasteiger partial charge in [0.05, 0.1) is 0 Å². The summed E-state index contributed by atoms with van der Waals surface area (Å²) in [6.45, 7) is 6.72. The van der Waals surface area contributed by atoms with Gasteiger partial charge in [-0.15, -0.1) is 0 Å². The molecule has 6 heteroatoms. The number of amides is 2. The van der Waals surface area contributed by atoms with Crippen molar-refractivity contribution in [3.05, 3.63) is 22.4 Å². The Bertz CT molecular complexity index is 483. The maximum atomic E-state index is 12.8. The van der Waals surface area contributed by atoms with Gasteiger partial charge in [-0.05, 0) is 82.3 Å². The van der Waals surface area contributed by atoms with Gasteiger partial charge in [-0.25, -0.2) is 4.79 Å². The van der Waals surface area contributed by atoms with E-state index in [1.54, 1.807) is 11.3 Å². The molecular formula is C18H32N4OS. The highest BCUT2D eigenvalue weighted by molar-refractivity contribution is 7.07. The minimum atomic E-state index is 0.0643. The summed E-state index contributed by atoms with van der Waals surface area (Å²) in [7, 11) is 6.26. The fraction of sp³-hybridized carbons (Fsp3) is 0.722. The summed E-state index contributed by atoms with van der Waals surface area (Å²) in [5.41, 5.74) is 1.21. The summed E-state index contributed by atoms with van der Waals surface area (Å²) in [5, 5.41) is 7.44.